The van der Waals surface area contributed by atoms with Crippen molar-refractivity contribution in [3.63, 3.8) is 0 Å². The zero-order valence-corrected chi connectivity index (χ0v) is 20.2. The molecule has 2 amide bonds. The van der Waals surface area contributed by atoms with Crippen LogP contribution in [0.25, 0.3) is 0 Å². The van der Waals surface area contributed by atoms with E-state index in [2.05, 4.69) is 26.1 Å². The molecular formula is C24H30FN7O3. The molecule has 1 aliphatic carbocycles. The second-order valence-electron chi connectivity index (χ2n) is 10.5. The van der Waals surface area contributed by atoms with Crippen LogP contribution in [-0.2, 0) is 10.3 Å². The van der Waals surface area contributed by atoms with Gasteiger partial charge in [-0.3, -0.25) is 4.79 Å². The van der Waals surface area contributed by atoms with Crippen molar-refractivity contribution in [2.75, 3.05) is 24.8 Å². The van der Waals surface area contributed by atoms with Crippen LogP contribution in [0.15, 0.2) is 24.5 Å². The van der Waals surface area contributed by atoms with Gasteiger partial charge in [-0.2, -0.15) is 0 Å². The number of hydrogen-bond acceptors (Lipinski definition) is 8. The number of nitrogens with one attached hydrogen (secondary N) is 3. The van der Waals surface area contributed by atoms with E-state index in [1.165, 1.54) is 19.4 Å². The Morgan fingerprint density at radius 3 is 2.71 bits per heavy atom. The average Bonchev–Trinajstić information content (AvgIpc) is 3.51. The SMILES string of the molecule is CNC(=O)c1ccc(C2([C@H]3C[C@@H]4C[C@@H]3N(C(=O)OC(C)(C)C)C4)NNc3ncnc(N)c32)c(F)c1. The Morgan fingerprint density at radius 1 is 1.29 bits per heavy atom. The number of nitrogens with two attached hydrogens (primary N) is 1. The summed E-state index contributed by atoms with van der Waals surface area (Å²) in [6.07, 6.45) is 2.47. The molecule has 2 aromatic rings. The molecule has 1 saturated carbocycles. The number of hydrazine groups is 1. The Labute approximate surface area is 202 Å². The average molecular weight is 484 g/mol. The lowest BCUT2D eigenvalue weighted by atomic mass is 9.70. The maximum absolute atomic E-state index is 15.8. The third kappa shape index (κ3) is 3.65. The van der Waals surface area contributed by atoms with Crippen LogP contribution in [0.3, 0.4) is 0 Å². The molecule has 3 aliphatic rings. The van der Waals surface area contributed by atoms with E-state index < -0.39 is 17.0 Å². The lowest BCUT2D eigenvalue weighted by Gasteiger charge is -2.44. The van der Waals surface area contributed by atoms with E-state index in [1.807, 2.05) is 20.8 Å². The van der Waals surface area contributed by atoms with Gasteiger partial charge in [0.15, 0.2) is 5.82 Å². The van der Waals surface area contributed by atoms with Gasteiger partial charge < -0.3 is 26.1 Å². The molecule has 5 N–H and O–H groups in total. The number of carbonyl (C=O) groups is 2. The molecule has 35 heavy (non-hydrogen) atoms. The normalized spacial score (nSPS) is 26.9. The second kappa shape index (κ2) is 8.04. The fourth-order valence-corrected chi connectivity index (χ4v) is 5.92. The van der Waals surface area contributed by atoms with E-state index in [0.29, 0.717) is 23.5 Å². The van der Waals surface area contributed by atoms with Crippen LogP contribution in [0.4, 0.5) is 20.8 Å². The molecule has 11 heteroatoms. The number of halogens is 1. The van der Waals surface area contributed by atoms with Gasteiger partial charge in [0.25, 0.3) is 5.91 Å². The standard InChI is InChI=1S/C24H30FN7O3/c1-23(2,3)35-22(34)32-10-12-7-15(17(32)8-12)24(18-19(26)28-11-29-20(18)30-31-24)14-6-5-13(9-16(14)25)21(33)27-4/h5-6,9,11-12,15,17,31H,7-8,10H2,1-4H3,(H,27,33)(H3,26,28,29,30)/t12-,15+,17+,24?/m1/s1. The number of likely N-dealkylation sites (tertiary alicyclic amines) is 1. The van der Waals surface area contributed by atoms with Gasteiger partial charge in [0.05, 0.1) is 5.56 Å². The van der Waals surface area contributed by atoms with Crippen molar-refractivity contribution in [2.24, 2.45) is 11.8 Å². The highest BCUT2D eigenvalue weighted by molar-refractivity contribution is 5.94. The Bertz CT molecular complexity index is 1200. The number of anilines is 2. The summed E-state index contributed by atoms with van der Waals surface area (Å²) in [6.45, 7) is 6.08. The summed E-state index contributed by atoms with van der Waals surface area (Å²) in [5, 5.41) is 2.51. The summed E-state index contributed by atoms with van der Waals surface area (Å²) in [6, 6.07) is 4.18. The van der Waals surface area contributed by atoms with Crippen LogP contribution in [-0.4, -0.2) is 52.1 Å². The smallest absolute Gasteiger partial charge is 0.410 e. The summed E-state index contributed by atoms with van der Waals surface area (Å²) < 4.78 is 21.5. The van der Waals surface area contributed by atoms with Crippen LogP contribution < -0.4 is 21.9 Å². The molecule has 2 bridgehead atoms. The van der Waals surface area contributed by atoms with Gasteiger partial charge in [0.1, 0.15) is 29.1 Å². The van der Waals surface area contributed by atoms with Crippen LogP contribution in [0.1, 0.15) is 55.1 Å². The van der Waals surface area contributed by atoms with Gasteiger partial charge in [-0.25, -0.2) is 24.6 Å². The monoisotopic (exact) mass is 483 g/mol. The number of amides is 2. The molecule has 4 atom stereocenters. The Balaban J connectivity index is 1.63. The molecule has 2 aliphatic heterocycles. The maximum Gasteiger partial charge on any atom is 0.410 e. The predicted octanol–water partition coefficient (Wildman–Crippen LogP) is 2.38. The topological polar surface area (TPSA) is 134 Å². The molecule has 3 heterocycles. The quantitative estimate of drug-likeness (QED) is 0.523. The fraction of sp³-hybridized carbons (Fsp3) is 0.500. The number of aromatic nitrogens is 2. The summed E-state index contributed by atoms with van der Waals surface area (Å²) in [4.78, 5) is 35.5. The minimum absolute atomic E-state index is 0.204. The molecule has 1 aromatic carbocycles. The van der Waals surface area contributed by atoms with Gasteiger partial charge in [0.2, 0.25) is 0 Å². The maximum atomic E-state index is 15.8. The third-order valence-corrected chi connectivity index (χ3v) is 7.20. The number of benzene rings is 1. The van der Waals surface area contributed by atoms with Crippen molar-refractivity contribution in [2.45, 2.75) is 50.8 Å². The zero-order chi connectivity index (χ0) is 25.1. The molecule has 10 nitrogen and oxygen atoms in total. The van der Waals surface area contributed by atoms with E-state index in [0.717, 1.165) is 12.8 Å². The van der Waals surface area contributed by atoms with Crippen molar-refractivity contribution in [1.29, 1.82) is 0 Å². The lowest BCUT2D eigenvalue weighted by Crippen LogP contribution is -2.56. The number of piperidine rings is 1. The highest BCUT2D eigenvalue weighted by Gasteiger charge is 2.60. The Morgan fingerprint density at radius 2 is 2.06 bits per heavy atom. The highest BCUT2D eigenvalue weighted by atomic mass is 19.1. The second-order valence-corrected chi connectivity index (χ2v) is 10.5. The number of ether oxygens (including phenoxy) is 1. The number of nitrogen functional groups attached to an aromatic ring is 1. The predicted molar refractivity (Wildman–Crippen MR) is 127 cm³/mol. The first kappa shape index (κ1) is 23.3. The van der Waals surface area contributed by atoms with Gasteiger partial charge in [-0.05, 0) is 51.7 Å². The van der Waals surface area contributed by atoms with E-state index in [4.69, 9.17) is 10.5 Å². The van der Waals surface area contributed by atoms with Gasteiger partial charge in [0, 0.05) is 36.7 Å². The minimum Gasteiger partial charge on any atom is -0.444 e. The summed E-state index contributed by atoms with van der Waals surface area (Å²) >= 11 is 0. The van der Waals surface area contributed by atoms with Crippen molar-refractivity contribution in [1.82, 2.24) is 25.6 Å². The van der Waals surface area contributed by atoms with Crippen LogP contribution in [0.5, 0.6) is 0 Å². The lowest BCUT2D eigenvalue weighted by molar-refractivity contribution is 0.00713. The first-order valence-corrected chi connectivity index (χ1v) is 11.7. The van der Waals surface area contributed by atoms with Gasteiger partial charge in [-0.15, -0.1) is 0 Å². The van der Waals surface area contributed by atoms with Crippen LogP contribution in [0, 0.1) is 17.7 Å². The first-order chi connectivity index (χ1) is 16.5. The first-order valence-electron chi connectivity index (χ1n) is 11.7. The van der Waals surface area contributed by atoms with Crippen molar-refractivity contribution in [3.05, 3.63) is 47.0 Å². The van der Waals surface area contributed by atoms with Crippen molar-refractivity contribution >= 4 is 23.6 Å². The van der Waals surface area contributed by atoms with Gasteiger partial charge >= 0.3 is 6.09 Å². The molecule has 0 spiro atoms. The van der Waals surface area contributed by atoms with E-state index >= 15 is 4.39 Å². The highest BCUT2D eigenvalue weighted by Crippen LogP contribution is 2.56. The van der Waals surface area contributed by atoms with Crippen molar-refractivity contribution in [3.8, 4) is 0 Å². The number of nitrogens with zero attached hydrogens (tertiary/aromatic N) is 3. The summed E-state index contributed by atoms with van der Waals surface area (Å²) in [5.41, 5.74) is 11.9. The van der Waals surface area contributed by atoms with E-state index in [9.17, 15) is 9.59 Å². The zero-order valence-electron chi connectivity index (χ0n) is 20.2. The van der Waals surface area contributed by atoms with E-state index in [-0.39, 0.29) is 41.3 Å². The summed E-state index contributed by atoms with van der Waals surface area (Å²) in [5.74, 6) is -0.299. The molecular weight excluding hydrogens is 453 g/mol. The fourth-order valence-electron chi connectivity index (χ4n) is 5.92. The van der Waals surface area contributed by atoms with Crippen LogP contribution in [0.2, 0.25) is 0 Å². The Kier molecular flexibility index (Phi) is 5.35. The van der Waals surface area contributed by atoms with Gasteiger partial charge in [-0.1, -0.05) is 6.07 Å². The molecule has 186 valence electrons. The number of fused-ring (bicyclic) bond motifs is 3. The van der Waals surface area contributed by atoms with Crippen molar-refractivity contribution < 1.29 is 18.7 Å². The number of carbonyl (C=O) groups excluding carboxylic acids is 2. The minimum atomic E-state index is -1.16. The van der Waals surface area contributed by atoms with Crippen LogP contribution >= 0.6 is 0 Å². The van der Waals surface area contributed by atoms with E-state index in [1.54, 1.807) is 17.0 Å². The molecule has 0 radical (unpaired) electrons. The molecule has 1 aromatic heterocycles. The third-order valence-electron chi connectivity index (χ3n) is 7.20. The molecule has 5 rings (SSSR count). The number of hydrogen-bond donors (Lipinski definition) is 4. The number of rotatable bonds is 3. The summed E-state index contributed by atoms with van der Waals surface area (Å²) in [7, 11) is 1.49. The molecule has 2 fully saturated rings. The Hall–Kier alpha value is -3.47. The molecule has 1 unspecified atom stereocenters. The molecule has 1 saturated heterocycles. The largest absolute Gasteiger partial charge is 0.444 e.